The summed E-state index contributed by atoms with van der Waals surface area (Å²) < 4.78 is 14.2. The standard InChI is InChI=1S/C22H29Cl2N3O2S/c1-27-14-20(19-12-17(23)13-22(24)21(19)15-27)16-3-2-4-18(11-16)30-26-6-8-29-10-9-28-7-5-25/h2-4,11-13,20,26H,5-10,14-15,25H2,1H3/t20-/m0/s1. The number of nitrogens with zero attached hydrogens (tertiary/aromatic N) is 1. The van der Waals surface area contributed by atoms with Gasteiger partial charge in [0.1, 0.15) is 0 Å². The normalized spacial score (nSPS) is 16.6. The van der Waals surface area contributed by atoms with Gasteiger partial charge < -0.3 is 20.1 Å². The number of nitrogens with one attached hydrogen (secondary N) is 1. The van der Waals surface area contributed by atoms with Gasteiger partial charge in [0.05, 0.1) is 26.4 Å². The van der Waals surface area contributed by atoms with Gasteiger partial charge in [-0.05, 0) is 60.0 Å². The lowest BCUT2D eigenvalue weighted by molar-refractivity contribution is 0.0532. The van der Waals surface area contributed by atoms with Crippen molar-refractivity contribution >= 4 is 35.1 Å². The Kier molecular flexibility index (Phi) is 9.74. The van der Waals surface area contributed by atoms with Crippen LogP contribution in [-0.4, -0.2) is 58.0 Å². The predicted molar refractivity (Wildman–Crippen MR) is 126 cm³/mol. The molecule has 8 heteroatoms. The van der Waals surface area contributed by atoms with Crippen LogP contribution >= 0.6 is 35.1 Å². The van der Waals surface area contributed by atoms with Crippen LogP contribution in [0.4, 0.5) is 0 Å². The van der Waals surface area contributed by atoms with E-state index in [1.807, 2.05) is 6.07 Å². The molecule has 164 valence electrons. The topological polar surface area (TPSA) is 59.8 Å². The molecular formula is C22H29Cl2N3O2S. The molecule has 30 heavy (non-hydrogen) atoms. The summed E-state index contributed by atoms with van der Waals surface area (Å²) in [5.74, 6) is 0.243. The fraction of sp³-hybridized carbons (Fsp3) is 0.455. The third kappa shape index (κ3) is 6.84. The smallest absolute Gasteiger partial charge is 0.0701 e. The summed E-state index contributed by atoms with van der Waals surface area (Å²) in [6.07, 6.45) is 0. The monoisotopic (exact) mass is 469 g/mol. The van der Waals surface area contributed by atoms with E-state index in [2.05, 4.69) is 47.0 Å². The molecule has 3 rings (SSSR count). The van der Waals surface area contributed by atoms with E-state index in [1.54, 1.807) is 11.9 Å². The number of fused-ring (bicyclic) bond motifs is 1. The van der Waals surface area contributed by atoms with E-state index in [0.717, 1.165) is 24.7 Å². The molecule has 5 nitrogen and oxygen atoms in total. The molecule has 1 atom stereocenters. The van der Waals surface area contributed by atoms with E-state index < -0.39 is 0 Å². The van der Waals surface area contributed by atoms with Crippen molar-refractivity contribution < 1.29 is 9.47 Å². The maximum atomic E-state index is 6.49. The first kappa shape index (κ1) is 23.8. The minimum Gasteiger partial charge on any atom is -0.378 e. The molecule has 0 saturated carbocycles. The Bertz CT molecular complexity index is 825. The van der Waals surface area contributed by atoms with Crippen molar-refractivity contribution in [3.8, 4) is 0 Å². The summed E-state index contributed by atoms with van der Waals surface area (Å²) in [5, 5.41) is 1.43. The van der Waals surface area contributed by atoms with E-state index in [-0.39, 0.29) is 5.92 Å². The largest absolute Gasteiger partial charge is 0.378 e. The SMILES string of the molecule is CN1Cc2c(Cl)cc(Cl)cc2[C@H](c2cccc(SNCCOCCOCCN)c2)C1. The Labute approximate surface area is 193 Å². The highest BCUT2D eigenvalue weighted by Crippen LogP contribution is 2.39. The predicted octanol–water partition coefficient (Wildman–Crippen LogP) is 4.16. The first-order valence-electron chi connectivity index (χ1n) is 10.1. The van der Waals surface area contributed by atoms with Crippen molar-refractivity contribution in [2.75, 3.05) is 53.1 Å². The number of ether oxygens (including phenoxy) is 2. The second-order valence-corrected chi connectivity index (χ2v) is 9.09. The molecule has 0 aliphatic carbocycles. The molecule has 1 aliphatic rings. The zero-order chi connectivity index (χ0) is 21.3. The van der Waals surface area contributed by atoms with Gasteiger partial charge in [-0.15, -0.1) is 0 Å². The number of benzene rings is 2. The van der Waals surface area contributed by atoms with Crippen molar-refractivity contribution in [3.63, 3.8) is 0 Å². The molecule has 0 bridgehead atoms. The van der Waals surface area contributed by atoms with Gasteiger partial charge in [0, 0.05) is 47.0 Å². The van der Waals surface area contributed by atoms with Crippen molar-refractivity contribution in [3.05, 3.63) is 63.1 Å². The maximum Gasteiger partial charge on any atom is 0.0701 e. The quantitative estimate of drug-likeness (QED) is 0.380. The van der Waals surface area contributed by atoms with E-state index in [1.165, 1.54) is 21.6 Å². The molecule has 0 amide bonds. The maximum absolute atomic E-state index is 6.49. The molecule has 3 N–H and O–H groups in total. The van der Waals surface area contributed by atoms with E-state index >= 15 is 0 Å². The van der Waals surface area contributed by atoms with Crippen LogP contribution in [0, 0.1) is 0 Å². The zero-order valence-electron chi connectivity index (χ0n) is 17.2. The minimum atomic E-state index is 0.243. The fourth-order valence-corrected chi connectivity index (χ4v) is 4.84. The first-order chi connectivity index (χ1) is 14.6. The number of likely N-dealkylation sites (N-methyl/N-ethyl adjacent to an activating group) is 1. The van der Waals surface area contributed by atoms with Crippen LogP contribution in [0.5, 0.6) is 0 Å². The van der Waals surface area contributed by atoms with Gasteiger partial charge in [-0.1, -0.05) is 35.3 Å². The van der Waals surface area contributed by atoms with Gasteiger partial charge in [-0.25, -0.2) is 0 Å². The van der Waals surface area contributed by atoms with Crippen LogP contribution in [-0.2, 0) is 16.0 Å². The second-order valence-electron chi connectivity index (χ2n) is 7.29. The Balaban J connectivity index is 1.56. The number of hydrogen-bond acceptors (Lipinski definition) is 6. The molecule has 0 saturated heterocycles. The molecular weight excluding hydrogens is 441 g/mol. The fourth-order valence-electron chi connectivity index (χ4n) is 3.58. The lowest BCUT2D eigenvalue weighted by Gasteiger charge is -2.33. The van der Waals surface area contributed by atoms with Crippen LogP contribution in [0.2, 0.25) is 10.0 Å². The summed E-state index contributed by atoms with van der Waals surface area (Å²) in [4.78, 5) is 3.47. The first-order valence-corrected chi connectivity index (χ1v) is 11.7. The lowest BCUT2D eigenvalue weighted by atomic mass is 9.85. The molecule has 1 heterocycles. The number of nitrogens with two attached hydrogens (primary N) is 1. The van der Waals surface area contributed by atoms with Crippen LogP contribution in [0.3, 0.4) is 0 Å². The average Bonchev–Trinajstić information content (AvgIpc) is 2.73. The van der Waals surface area contributed by atoms with Crippen LogP contribution in [0.15, 0.2) is 41.3 Å². The Morgan fingerprint density at radius 3 is 2.73 bits per heavy atom. The highest BCUT2D eigenvalue weighted by molar-refractivity contribution is 7.97. The lowest BCUT2D eigenvalue weighted by Crippen LogP contribution is -2.31. The highest BCUT2D eigenvalue weighted by atomic mass is 35.5. The summed E-state index contributed by atoms with van der Waals surface area (Å²) in [6, 6.07) is 12.5. The van der Waals surface area contributed by atoms with Crippen LogP contribution in [0.25, 0.3) is 0 Å². The van der Waals surface area contributed by atoms with Crippen LogP contribution in [0.1, 0.15) is 22.6 Å². The molecule has 0 fully saturated rings. The molecule has 0 aromatic heterocycles. The van der Waals surface area contributed by atoms with Crippen molar-refractivity contribution in [2.24, 2.45) is 5.73 Å². The average molecular weight is 470 g/mol. The molecule has 0 radical (unpaired) electrons. The Morgan fingerprint density at radius 2 is 1.93 bits per heavy atom. The van der Waals surface area contributed by atoms with Gasteiger partial charge in [0.15, 0.2) is 0 Å². The third-order valence-electron chi connectivity index (χ3n) is 4.93. The van der Waals surface area contributed by atoms with Gasteiger partial charge in [-0.3, -0.25) is 4.72 Å². The summed E-state index contributed by atoms with van der Waals surface area (Å²) in [7, 11) is 2.13. The second kappa shape index (κ2) is 12.3. The minimum absolute atomic E-state index is 0.243. The Morgan fingerprint density at radius 1 is 1.13 bits per heavy atom. The number of halogens is 2. The van der Waals surface area contributed by atoms with E-state index in [4.69, 9.17) is 38.4 Å². The number of rotatable bonds is 11. The molecule has 1 aliphatic heterocycles. The van der Waals surface area contributed by atoms with E-state index in [9.17, 15) is 0 Å². The van der Waals surface area contributed by atoms with Gasteiger partial charge >= 0.3 is 0 Å². The van der Waals surface area contributed by atoms with Gasteiger partial charge in [0.25, 0.3) is 0 Å². The van der Waals surface area contributed by atoms with Crippen molar-refractivity contribution in [1.82, 2.24) is 9.62 Å². The summed E-state index contributed by atoms with van der Waals surface area (Å²) >= 11 is 14.4. The van der Waals surface area contributed by atoms with Gasteiger partial charge in [-0.2, -0.15) is 0 Å². The highest BCUT2D eigenvalue weighted by Gasteiger charge is 2.27. The molecule has 0 spiro atoms. The van der Waals surface area contributed by atoms with Crippen molar-refractivity contribution in [1.29, 1.82) is 0 Å². The van der Waals surface area contributed by atoms with Gasteiger partial charge in [0.2, 0.25) is 0 Å². The third-order valence-corrected chi connectivity index (χ3v) is 6.32. The molecule has 0 unspecified atom stereocenters. The summed E-state index contributed by atoms with van der Waals surface area (Å²) in [6.45, 7) is 5.45. The van der Waals surface area contributed by atoms with Crippen molar-refractivity contribution in [2.45, 2.75) is 17.4 Å². The number of hydrogen-bond donors (Lipinski definition) is 2. The molecule has 2 aromatic rings. The Hall–Kier alpha value is -0.830. The van der Waals surface area contributed by atoms with E-state index in [0.29, 0.717) is 38.0 Å². The zero-order valence-corrected chi connectivity index (χ0v) is 19.5. The molecule has 2 aromatic carbocycles. The van der Waals surface area contributed by atoms with Crippen LogP contribution < -0.4 is 10.5 Å². The summed E-state index contributed by atoms with van der Waals surface area (Å²) in [5.41, 5.74) is 9.04.